The van der Waals surface area contributed by atoms with Crippen molar-refractivity contribution in [3.8, 4) is 0 Å². The van der Waals surface area contributed by atoms with Gasteiger partial charge >= 0.3 is 0 Å². The van der Waals surface area contributed by atoms with Gasteiger partial charge < -0.3 is 5.32 Å². The number of fused-ring (bicyclic) bond motifs is 1. The van der Waals surface area contributed by atoms with E-state index in [1.165, 1.54) is 10.3 Å². The van der Waals surface area contributed by atoms with Gasteiger partial charge in [-0.3, -0.25) is 0 Å². The molecule has 16 heavy (non-hydrogen) atoms. The minimum Gasteiger partial charge on any atom is -0.314 e. The second-order valence-electron chi connectivity index (χ2n) is 4.39. The summed E-state index contributed by atoms with van der Waals surface area (Å²) < 4.78 is 1.29. The van der Waals surface area contributed by atoms with Crippen LogP contribution in [0, 0.1) is 6.92 Å². The third kappa shape index (κ3) is 2.80. The third-order valence-corrected chi connectivity index (χ3v) is 3.48. The molecule has 1 N–H and O–H groups in total. The van der Waals surface area contributed by atoms with Crippen molar-refractivity contribution < 1.29 is 0 Å². The molecule has 0 spiro atoms. The van der Waals surface area contributed by atoms with Gasteiger partial charge in [-0.2, -0.15) is 0 Å². The number of rotatable bonds is 4. The van der Waals surface area contributed by atoms with Gasteiger partial charge in [0.15, 0.2) is 0 Å². The van der Waals surface area contributed by atoms with E-state index in [9.17, 15) is 0 Å². The van der Waals surface area contributed by atoms with Crippen LogP contribution in [0.4, 0.5) is 0 Å². The van der Waals surface area contributed by atoms with Crippen molar-refractivity contribution in [2.75, 3.05) is 6.54 Å². The van der Waals surface area contributed by atoms with Crippen LogP contribution in [-0.4, -0.2) is 17.6 Å². The number of nitrogens with one attached hydrogen (secondary N) is 1. The quantitative estimate of drug-likeness (QED) is 0.879. The van der Waals surface area contributed by atoms with Gasteiger partial charge in [-0.15, -0.1) is 11.3 Å². The molecule has 1 aromatic heterocycles. The fourth-order valence-electron chi connectivity index (χ4n) is 1.75. The molecule has 1 aromatic carbocycles. The number of nitrogens with zero attached hydrogens (tertiary/aromatic N) is 1. The smallest absolute Gasteiger partial charge is 0.0907 e. The first kappa shape index (κ1) is 11.6. The molecule has 2 aromatic rings. The number of benzene rings is 1. The predicted molar refractivity (Wildman–Crippen MR) is 71.2 cm³/mol. The van der Waals surface area contributed by atoms with Gasteiger partial charge in [-0.1, -0.05) is 19.9 Å². The summed E-state index contributed by atoms with van der Waals surface area (Å²) in [5.74, 6) is 0. The van der Waals surface area contributed by atoms with E-state index < -0.39 is 0 Å². The Bertz CT molecular complexity index is 474. The number of aromatic nitrogens is 1. The highest BCUT2D eigenvalue weighted by Crippen LogP contribution is 2.22. The van der Waals surface area contributed by atoms with Crippen LogP contribution in [-0.2, 0) is 6.42 Å². The molecule has 3 heteroatoms. The minimum atomic E-state index is 0.560. The number of hydrogen-bond donors (Lipinski definition) is 1. The molecule has 2 rings (SSSR count). The van der Waals surface area contributed by atoms with Gasteiger partial charge in [0, 0.05) is 6.04 Å². The summed E-state index contributed by atoms with van der Waals surface area (Å²) in [4.78, 5) is 4.52. The molecule has 0 saturated heterocycles. The van der Waals surface area contributed by atoms with E-state index in [2.05, 4.69) is 49.3 Å². The lowest BCUT2D eigenvalue weighted by atomic mass is 10.1. The van der Waals surface area contributed by atoms with Crippen molar-refractivity contribution in [3.63, 3.8) is 0 Å². The van der Waals surface area contributed by atoms with E-state index in [1.54, 1.807) is 11.3 Å². The molecule has 0 unspecified atom stereocenters. The summed E-state index contributed by atoms with van der Waals surface area (Å²) in [7, 11) is 0. The SMILES string of the molecule is Cc1nc2cc(CCNC(C)C)ccc2s1. The lowest BCUT2D eigenvalue weighted by Crippen LogP contribution is -2.24. The van der Waals surface area contributed by atoms with E-state index in [1.807, 2.05) is 0 Å². The molecular formula is C13H18N2S. The first-order valence-electron chi connectivity index (χ1n) is 5.74. The highest BCUT2D eigenvalue weighted by molar-refractivity contribution is 7.18. The normalized spacial score (nSPS) is 11.5. The van der Waals surface area contributed by atoms with E-state index >= 15 is 0 Å². The molecule has 0 radical (unpaired) electrons. The summed E-state index contributed by atoms with van der Waals surface area (Å²) in [6.07, 6.45) is 1.07. The molecular weight excluding hydrogens is 216 g/mol. The zero-order valence-corrected chi connectivity index (χ0v) is 10.9. The number of aryl methyl sites for hydroxylation is 1. The van der Waals surface area contributed by atoms with Crippen LogP contribution in [0.15, 0.2) is 18.2 Å². The molecule has 0 aliphatic rings. The largest absolute Gasteiger partial charge is 0.314 e. The molecule has 2 nitrogen and oxygen atoms in total. The Labute approximate surface area is 101 Å². The van der Waals surface area contributed by atoms with E-state index in [-0.39, 0.29) is 0 Å². The van der Waals surface area contributed by atoms with Gasteiger partial charge in [-0.05, 0) is 37.6 Å². The van der Waals surface area contributed by atoms with E-state index in [0.717, 1.165) is 23.5 Å². The van der Waals surface area contributed by atoms with Crippen LogP contribution in [0.3, 0.4) is 0 Å². The maximum atomic E-state index is 4.52. The van der Waals surface area contributed by atoms with Crippen LogP contribution < -0.4 is 5.32 Å². The molecule has 0 amide bonds. The van der Waals surface area contributed by atoms with Crippen LogP contribution in [0.5, 0.6) is 0 Å². The van der Waals surface area contributed by atoms with Crippen LogP contribution in [0.1, 0.15) is 24.4 Å². The summed E-state index contributed by atoms with van der Waals surface area (Å²) in [5.41, 5.74) is 2.51. The van der Waals surface area contributed by atoms with Gasteiger partial charge in [-0.25, -0.2) is 4.98 Å². The van der Waals surface area contributed by atoms with Crippen molar-refractivity contribution in [2.24, 2.45) is 0 Å². The van der Waals surface area contributed by atoms with E-state index in [4.69, 9.17) is 0 Å². The Morgan fingerprint density at radius 1 is 1.38 bits per heavy atom. The molecule has 0 saturated carbocycles. The highest BCUT2D eigenvalue weighted by Gasteiger charge is 2.01. The molecule has 86 valence electrons. The zero-order valence-electron chi connectivity index (χ0n) is 10.1. The molecule has 0 fully saturated rings. The van der Waals surface area contributed by atoms with Crippen molar-refractivity contribution in [1.82, 2.24) is 10.3 Å². The molecule has 0 aliphatic carbocycles. The second kappa shape index (κ2) is 4.93. The maximum absolute atomic E-state index is 4.52. The topological polar surface area (TPSA) is 24.9 Å². The molecule has 0 bridgehead atoms. The van der Waals surface area contributed by atoms with Crippen molar-refractivity contribution >= 4 is 21.6 Å². The standard InChI is InChI=1S/C13H18N2S/c1-9(2)14-7-6-11-4-5-13-12(8-11)15-10(3)16-13/h4-5,8-9,14H,6-7H2,1-3H3. The van der Waals surface area contributed by atoms with Gasteiger partial charge in [0.25, 0.3) is 0 Å². The molecule has 1 heterocycles. The maximum Gasteiger partial charge on any atom is 0.0907 e. The third-order valence-electron chi connectivity index (χ3n) is 2.53. The lowest BCUT2D eigenvalue weighted by Gasteiger charge is -2.07. The fourth-order valence-corrected chi connectivity index (χ4v) is 2.56. The van der Waals surface area contributed by atoms with E-state index in [0.29, 0.717) is 6.04 Å². The first-order chi connectivity index (χ1) is 7.65. The van der Waals surface area contributed by atoms with Crippen LogP contribution in [0.2, 0.25) is 0 Å². The monoisotopic (exact) mass is 234 g/mol. The Morgan fingerprint density at radius 3 is 2.94 bits per heavy atom. The van der Waals surface area contributed by atoms with Crippen LogP contribution in [0.25, 0.3) is 10.2 Å². The Hall–Kier alpha value is -0.930. The van der Waals surface area contributed by atoms with Crippen molar-refractivity contribution in [2.45, 2.75) is 33.2 Å². The molecule has 0 atom stereocenters. The number of hydrogen-bond acceptors (Lipinski definition) is 3. The minimum absolute atomic E-state index is 0.560. The van der Waals surface area contributed by atoms with Crippen molar-refractivity contribution in [3.05, 3.63) is 28.8 Å². The van der Waals surface area contributed by atoms with Gasteiger partial charge in [0.1, 0.15) is 0 Å². The van der Waals surface area contributed by atoms with Crippen molar-refractivity contribution in [1.29, 1.82) is 0 Å². The van der Waals surface area contributed by atoms with Gasteiger partial charge in [0.2, 0.25) is 0 Å². The lowest BCUT2D eigenvalue weighted by molar-refractivity contribution is 0.590. The summed E-state index contributed by atoms with van der Waals surface area (Å²) in [5, 5.41) is 4.58. The Morgan fingerprint density at radius 2 is 2.19 bits per heavy atom. The first-order valence-corrected chi connectivity index (χ1v) is 6.56. The zero-order chi connectivity index (χ0) is 11.5. The average Bonchev–Trinajstić information content (AvgIpc) is 2.56. The Kier molecular flexibility index (Phi) is 3.56. The predicted octanol–water partition coefficient (Wildman–Crippen LogP) is 3.15. The fraction of sp³-hybridized carbons (Fsp3) is 0.462. The summed E-state index contributed by atoms with van der Waals surface area (Å²) in [6.45, 7) is 7.44. The second-order valence-corrected chi connectivity index (χ2v) is 5.63. The molecule has 0 aliphatic heterocycles. The average molecular weight is 234 g/mol. The summed E-state index contributed by atoms with van der Waals surface area (Å²) in [6, 6.07) is 7.17. The van der Waals surface area contributed by atoms with Gasteiger partial charge in [0.05, 0.1) is 15.2 Å². The highest BCUT2D eigenvalue weighted by atomic mass is 32.1. The van der Waals surface area contributed by atoms with Crippen LogP contribution >= 0.6 is 11.3 Å². The Balaban J connectivity index is 2.07. The number of thiazole rings is 1. The summed E-state index contributed by atoms with van der Waals surface area (Å²) >= 11 is 1.76.